The summed E-state index contributed by atoms with van der Waals surface area (Å²) in [4.78, 5) is 55.9. The van der Waals surface area contributed by atoms with Crippen LogP contribution in [0.2, 0.25) is 0 Å². The second-order valence-electron chi connectivity index (χ2n) is 11.7. The van der Waals surface area contributed by atoms with Crippen molar-refractivity contribution in [2.75, 3.05) is 12.5 Å². The molecule has 2 N–H and O–H groups in total. The van der Waals surface area contributed by atoms with Crippen LogP contribution in [0.25, 0.3) is 0 Å². The molecule has 0 aromatic heterocycles. The predicted molar refractivity (Wildman–Crippen MR) is 163 cm³/mol. The van der Waals surface area contributed by atoms with Crippen LogP contribution in [0.1, 0.15) is 40.5 Å². The number of amides is 2. The van der Waals surface area contributed by atoms with Crippen molar-refractivity contribution < 1.29 is 38.9 Å². The number of rotatable bonds is 8. The monoisotopic (exact) mass is 630 g/mol. The van der Waals surface area contributed by atoms with Gasteiger partial charge in [0, 0.05) is 18.8 Å². The van der Waals surface area contributed by atoms with Crippen molar-refractivity contribution in [3.05, 3.63) is 59.6 Å². The number of nitrogens with zero attached hydrogens (tertiary/aromatic N) is 2. The number of piperazine rings is 1. The van der Waals surface area contributed by atoms with E-state index in [4.69, 9.17) is 9.47 Å². The van der Waals surface area contributed by atoms with E-state index in [1.165, 1.54) is 49.0 Å². The van der Waals surface area contributed by atoms with Gasteiger partial charge < -0.3 is 29.5 Å². The minimum atomic E-state index is -1.32. The van der Waals surface area contributed by atoms with Gasteiger partial charge >= 0.3 is 5.97 Å². The first-order valence-electron chi connectivity index (χ1n) is 14.3. The molecule has 2 amide bonds. The van der Waals surface area contributed by atoms with Crippen molar-refractivity contribution in [1.29, 1.82) is 0 Å². The maximum atomic E-state index is 14.7. The molecule has 43 heavy (non-hydrogen) atoms. The fourth-order valence-corrected chi connectivity index (χ4v) is 8.82. The lowest BCUT2D eigenvalue weighted by Gasteiger charge is -2.54. The molecular formula is C31H38N2O8S2. The third-order valence-electron chi connectivity index (χ3n) is 9.47. The first-order valence-corrected chi connectivity index (χ1v) is 16.7. The normalized spacial score (nSPS) is 35.0. The van der Waals surface area contributed by atoms with Crippen LogP contribution in [-0.2, 0) is 28.7 Å². The van der Waals surface area contributed by atoms with Crippen LogP contribution in [0, 0.1) is 11.8 Å². The smallest absolute Gasteiger partial charge is 0.311 e. The first kappa shape index (κ1) is 31.6. The maximum Gasteiger partial charge on any atom is 0.311 e. The number of aliphatic hydroxyl groups is 2. The number of esters is 1. The third kappa shape index (κ3) is 4.63. The molecule has 0 bridgehead atoms. The minimum absolute atomic E-state index is 0.177. The van der Waals surface area contributed by atoms with Crippen molar-refractivity contribution in [2.24, 2.45) is 11.8 Å². The number of Topliss-reactive ketones (excluding diaryl/α,β-unsaturated/α-hetero) is 1. The summed E-state index contributed by atoms with van der Waals surface area (Å²) >= 11 is 2.49. The Morgan fingerprint density at radius 2 is 1.65 bits per heavy atom. The Morgan fingerprint density at radius 3 is 2.26 bits per heavy atom. The molecule has 4 heterocycles. The summed E-state index contributed by atoms with van der Waals surface area (Å²) < 4.78 is 11.4. The number of allylic oxidation sites excluding steroid dienone is 4. The van der Waals surface area contributed by atoms with E-state index in [-0.39, 0.29) is 30.4 Å². The Kier molecular flexibility index (Phi) is 8.54. The molecule has 0 radical (unpaired) electrons. The van der Waals surface area contributed by atoms with Gasteiger partial charge in [-0.25, -0.2) is 0 Å². The number of hydrogen-bond acceptors (Lipinski definition) is 10. The molecule has 5 aliphatic rings. The van der Waals surface area contributed by atoms with E-state index in [0.29, 0.717) is 11.1 Å². The molecule has 0 aromatic rings. The van der Waals surface area contributed by atoms with Crippen molar-refractivity contribution in [3.8, 4) is 0 Å². The van der Waals surface area contributed by atoms with Crippen molar-refractivity contribution in [3.63, 3.8) is 0 Å². The Bertz CT molecular complexity index is 1390. The fraction of sp³-hybridized carbons (Fsp3) is 0.548. The van der Waals surface area contributed by atoms with Gasteiger partial charge in [-0.3, -0.25) is 19.2 Å². The summed E-state index contributed by atoms with van der Waals surface area (Å²) in [6.07, 6.45) is 12.0. The molecular weight excluding hydrogens is 592 g/mol. The predicted octanol–water partition coefficient (Wildman–Crippen LogP) is 2.69. The van der Waals surface area contributed by atoms with Gasteiger partial charge in [0.05, 0.1) is 42.7 Å². The number of carbonyl (C=O) groups excluding carboxylic acids is 4. The van der Waals surface area contributed by atoms with E-state index in [0.717, 1.165) is 5.57 Å². The Balaban J connectivity index is 1.47. The fourth-order valence-electron chi connectivity index (χ4n) is 6.87. The van der Waals surface area contributed by atoms with Crippen molar-refractivity contribution in [1.82, 2.24) is 9.80 Å². The van der Waals surface area contributed by atoms with Gasteiger partial charge in [0.2, 0.25) is 0 Å². The van der Waals surface area contributed by atoms with Gasteiger partial charge in [-0.1, -0.05) is 25.2 Å². The van der Waals surface area contributed by atoms with E-state index in [1.807, 2.05) is 6.08 Å². The minimum Gasteiger partial charge on any atom is -0.473 e. The average Bonchev–Trinajstić information content (AvgIpc) is 3.49. The molecule has 5 rings (SSSR count). The van der Waals surface area contributed by atoms with Crippen LogP contribution >= 0.6 is 23.5 Å². The highest BCUT2D eigenvalue weighted by molar-refractivity contribution is 8.01. The van der Waals surface area contributed by atoms with Crippen LogP contribution in [0.4, 0.5) is 0 Å². The maximum absolute atomic E-state index is 14.7. The molecule has 0 spiro atoms. The molecule has 1 aliphatic carbocycles. The quantitative estimate of drug-likeness (QED) is 0.305. The first-order chi connectivity index (χ1) is 20.4. The summed E-state index contributed by atoms with van der Waals surface area (Å²) in [6, 6.07) is -1.49. The highest BCUT2D eigenvalue weighted by Gasteiger charge is 2.72. The van der Waals surface area contributed by atoms with Crippen LogP contribution < -0.4 is 0 Å². The summed E-state index contributed by atoms with van der Waals surface area (Å²) in [7, 11) is 0. The molecule has 4 aliphatic heterocycles. The molecule has 10 nitrogen and oxygen atoms in total. The van der Waals surface area contributed by atoms with Crippen LogP contribution in [0.5, 0.6) is 0 Å². The van der Waals surface area contributed by atoms with Crippen molar-refractivity contribution in [2.45, 2.75) is 80.7 Å². The number of ketones is 1. The van der Waals surface area contributed by atoms with E-state index in [2.05, 4.69) is 0 Å². The zero-order chi connectivity index (χ0) is 31.4. The molecule has 3 fully saturated rings. The lowest BCUT2D eigenvalue weighted by molar-refractivity contribution is -0.171. The number of aliphatic hydroxyl groups excluding tert-OH is 2. The average molecular weight is 631 g/mol. The van der Waals surface area contributed by atoms with E-state index >= 15 is 0 Å². The molecule has 0 aromatic carbocycles. The zero-order valence-corrected chi connectivity index (χ0v) is 26.7. The van der Waals surface area contributed by atoms with Gasteiger partial charge in [0.1, 0.15) is 6.10 Å². The molecule has 0 saturated carbocycles. The van der Waals surface area contributed by atoms with Gasteiger partial charge in [-0.15, -0.1) is 23.5 Å². The van der Waals surface area contributed by atoms with Gasteiger partial charge in [0.25, 0.3) is 11.8 Å². The van der Waals surface area contributed by atoms with Gasteiger partial charge in [-0.05, 0) is 62.2 Å². The van der Waals surface area contributed by atoms with Crippen LogP contribution in [-0.4, -0.2) is 96.2 Å². The van der Waals surface area contributed by atoms with Gasteiger partial charge in [-0.2, -0.15) is 0 Å². The number of thioether (sulfide) groups is 2. The topological polar surface area (TPSA) is 134 Å². The molecule has 9 atom stereocenters. The summed E-state index contributed by atoms with van der Waals surface area (Å²) in [6.45, 7) is 6.49. The summed E-state index contributed by atoms with van der Waals surface area (Å²) in [5.74, 6) is -3.41. The molecule has 12 heteroatoms. The van der Waals surface area contributed by atoms with Crippen molar-refractivity contribution >= 4 is 47.1 Å². The number of carbonyl (C=O) groups is 4. The Hall–Kier alpha value is -2.80. The SMILES string of the molecule is CC=C(C)C(=O)C(C)C(O)C(C)C(=O)OC1C=CC=C2CC3(SC)C(=O)N4C5C(=COC=CC5O)CC4(SC)C(=O)N3C21. The lowest BCUT2D eigenvalue weighted by Crippen LogP contribution is -2.74. The van der Waals surface area contributed by atoms with E-state index in [1.54, 1.807) is 61.3 Å². The summed E-state index contributed by atoms with van der Waals surface area (Å²) in [5, 5.41) is 21.9. The van der Waals surface area contributed by atoms with E-state index in [9.17, 15) is 29.4 Å². The summed E-state index contributed by atoms with van der Waals surface area (Å²) in [5.41, 5.74) is 1.91. The largest absolute Gasteiger partial charge is 0.473 e. The van der Waals surface area contributed by atoms with Gasteiger partial charge in [0.15, 0.2) is 15.5 Å². The standard InChI is InChI=1S/C31H38N2O8S2/c1-7-16(2)25(35)17(3)26(36)18(4)27(37)41-22-10-8-9-19-13-30(42-5)28(38)32-23-20(15-40-12-11-21(23)34)14-31(32,43-6)29(39)33(30)24(19)22/h7-12,15,17-18,21-24,26,34,36H,13-14H2,1-6H3. The second kappa shape index (κ2) is 11.6. The molecule has 232 valence electrons. The van der Waals surface area contributed by atoms with Crippen LogP contribution in [0.3, 0.4) is 0 Å². The molecule has 3 saturated heterocycles. The number of ether oxygens (including phenoxy) is 2. The Morgan fingerprint density at radius 1 is 1.05 bits per heavy atom. The lowest BCUT2D eigenvalue weighted by atomic mass is 9.87. The molecule has 9 unspecified atom stereocenters. The highest BCUT2D eigenvalue weighted by Crippen LogP contribution is 2.59. The number of hydrogen-bond donors (Lipinski definition) is 2. The third-order valence-corrected chi connectivity index (χ3v) is 11.8. The highest BCUT2D eigenvalue weighted by atomic mass is 32.2. The van der Waals surface area contributed by atoms with E-state index < -0.39 is 57.9 Å². The Labute approximate surface area is 259 Å². The number of fused-ring (bicyclic) bond motifs is 6. The second-order valence-corrected chi connectivity index (χ2v) is 13.8. The zero-order valence-electron chi connectivity index (χ0n) is 25.1. The van der Waals surface area contributed by atoms with Crippen LogP contribution in [0.15, 0.2) is 59.6 Å².